The summed E-state index contributed by atoms with van der Waals surface area (Å²) < 4.78 is 5.39. The summed E-state index contributed by atoms with van der Waals surface area (Å²) in [6, 6.07) is -0.0561. The van der Waals surface area contributed by atoms with Gasteiger partial charge < -0.3 is 14.7 Å². The van der Waals surface area contributed by atoms with E-state index in [-0.39, 0.29) is 23.8 Å². The van der Waals surface area contributed by atoms with E-state index < -0.39 is 0 Å². The molecule has 1 aliphatic carbocycles. The highest BCUT2D eigenvalue weighted by Crippen LogP contribution is 2.39. The molecule has 110 valence electrons. The van der Waals surface area contributed by atoms with Crippen molar-refractivity contribution >= 4 is 22.3 Å². The molecule has 0 saturated carbocycles. The van der Waals surface area contributed by atoms with Crippen molar-refractivity contribution in [1.29, 1.82) is 0 Å². The Morgan fingerprint density at radius 2 is 2.30 bits per heavy atom. The second-order valence-electron chi connectivity index (χ2n) is 6.32. The van der Waals surface area contributed by atoms with Crippen molar-refractivity contribution < 1.29 is 14.6 Å². The maximum Gasteiger partial charge on any atom is 0.186 e. The van der Waals surface area contributed by atoms with Gasteiger partial charge in [-0.25, -0.2) is 4.98 Å². The summed E-state index contributed by atoms with van der Waals surface area (Å²) in [6.45, 7) is 6.13. The van der Waals surface area contributed by atoms with Crippen LogP contribution in [0.1, 0.15) is 35.6 Å². The first-order valence-electron chi connectivity index (χ1n) is 6.98. The number of Topliss-reactive ketones (excluding diaryl/α,β-unsaturated/α-hetero) is 1. The monoisotopic (exact) mass is 296 g/mol. The average molecular weight is 296 g/mol. The van der Waals surface area contributed by atoms with E-state index in [1.807, 2.05) is 0 Å². The van der Waals surface area contributed by atoms with Crippen molar-refractivity contribution in [2.75, 3.05) is 31.3 Å². The zero-order chi connectivity index (χ0) is 14.3. The normalized spacial score (nSPS) is 25.6. The molecule has 1 aromatic rings. The number of hydrogen-bond acceptors (Lipinski definition) is 6. The number of ether oxygens (including phenoxy) is 1. The highest BCUT2D eigenvalue weighted by molar-refractivity contribution is 7.17. The van der Waals surface area contributed by atoms with Crippen LogP contribution in [0.2, 0.25) is 0 Å². The fourth-order valence-electron chi connectivity index (χ4n) is 2.89. The van der Waals surface area contributed by atoms with E-state index in [2.05, 4.69) is 23.7 Å². The van der Waals surface area contributed by atoms with Gasteiger partial charge in [-0.2, -0.15) is 0 Å². The predicted molar refractivity (Wildman–Crippen MR) is 77.6 cm³/mol. The quantitative estimate of drug-likeness (QED) is 0.896. The molecule has 0 aromatic carbocycles. The number of nitrogens with zero attached hydrogens (tertiary/aromatic N) is 2. The van der Waals surface area contributed by atoms with Gasteiger partial charge in [-0.15, -0.1) is 0 Å². The van der Waals surface area contributed by atoms with E-state index in [1.165, 1.54) is 11.3 Å². The SMILES string of the molecule is CC1(C)CC(=O)c2sc(N3CCOCC3CO)nc2C1. The first kappa shape index (κ1) is 14.0. The summed E-state index contributed by atoms with van der Waals surface area (Å²) in [5, 5.41) is 10.3. The van der Waals surface area contributed by atoms with Crippen LogP contribution >= 0.6 is 11.3 Å². The third-order valence-corrected chi connectivity index (χ3v) is 5.08. The Balaban J connectivity index is 1.91. The molecule has 1 unspecified atom stereocenters. The van der Waals surface area contributed by atoms with Gasteiger partial charge in [0.05, 0.1) is 36.4 Å². The van der Waals surface area contributed by atoms with Gasteiger partial charge in [-0.3, -0.25) is 4.79 Å². The van der Waals surface area contributed by atoms with Gasteiger partial charge in [0.2, 0.25) is 0 Å². The molecule has 1 atom stereocenters. The second kappa shape index (κ2) is 5.09. The van der Waals surface area contributed by atoms with Crippen LogP contribution in [-0.4, -0.2) is 48.3 Å². The largest absolute Gasteiger partial charge is 0.394 e. The Labute approximate surface area is 122 Å². The molecular weight excluding hydrogens is 276 g/mol. The number of carbonyl (C=O) groups excluding carboxylic acids is 1. The summed E-state index contributed by atoms with van der Waals surface area (Å²) >= 11 is 1.47. The molecule has 2 heterocycles. The van der Waals surface area contributed by atoms with Gasteiger partial charge >= 0.3 is 0 Å². The van der Waals surface area contributed by atoms with Crippen LogP contribution in [-0.2, 0) is 11.2 Å². The number of carbonyl (C=O) groups is 1. The van der Waals surface area contributed by atoms with Gasteiger partial charge in [0, 0.05) is 13.0 Å². The lowest BCUT2D eigenvalue weighted by molar-refractivity contribution is 0.0726. The molecule has 1 aliphatic heterocycles. The van der Waals surface area contributed by atoms with Crippen molar-refractivity contribution in [3.05, 3.63) is 10.6 Å². The minimum absolute atomic E-state index is 0.00316. The van der Waals surface area contributed by atoms with Crippen LogP contribution in [0.25, 0.3) is 0 Å². The molecule has 5 nitrogen and oxygen atoms in total. The van der Waals surface area contributed by atoms with Crippen LogP contribution in [0.5, 0.6) is 0 Å². The summed E-state index contributed by atoms with van der Waals surface area (Å²) in [6.07, 6.45) is 1.44. The number of ketones is 1. The molecule has 0 radical (unpaired) electrons. The number of hydrogen-bond donors (Lipinski definition) is 1. The van der Waals surface area contributed by atoms with Crippen LogP contribution in [0, 0.1) is 5.41 Å². The molecule has 1 aromatic heterocycles. The maximum atomic E-state index is 12.2. The second-order valence-corrected chi connectivity index (χ2v) is 7.30. The van der Waals surface area contributed by atoms with Crippen LogP contribution in [0.4, 0.5) is 5.13 Å². The summed E-state index contributed by atoms with van der Waals surface area (Å²) in [4.78, 5) is 19.8. The minimum Gasteiger partial charge on any atom is -0.394 e. The Morgan fingerprint density at radius 3 is 3.05 bits per heavy atom. The molecule has 3 rings (SSSR count). The smallest absolute Gasteiger partial charge is 0.186 e. The van der Waals surface area contributed by atoms with Crippen LogP contribution in [0.15, 0.2) is 0 Å². The topological polar surface area (TPSA) is 62.7 Å². The van der Waals surface area contributed by atoms with E-state index in [0.29, 0.717) is 19.6 Å². The Bertz CT molecular complexity index is 526. The molecule has 0 amide bonds. The lowest BCUT2D eigenvalue weighted by Crippen LogP contribution is -2.47. The summed E-state index contributed by atoms with van der Waals surface area (Å²) in [5.41, 5.74) is 0.922. The van der Waals surface area contributed by atoms with Crippen molar-refractivity contribution in [2.24, 2.45) is 5.41 Å². The van der Waals surface area contributed by atoms with Gasteiger partial charge in [-0.1, -0.05) is 25.2 Å². The lowest BCUT2D eigenvalue weighted by Gasteiger charge is -2.34. The summed E-state index contributed by atoms with van der Waals surface area (Å²) in [7, 11) is 0. The highest BCUT2D eigenvalue weighted by atomic mass is 32.1. The number of thiazole rings is 1. The van der Waals surface area contributed by atoms with Crippen LogP contribution in [0.3, 0.4) is 0 Å². The van der Waals surface area contributed by atoms with E-state index in [0.717, 1.165) is 28.7 Å². The zero-order valence-corrected chi connectivity index (χ0v) is 12.7. The number of aromatic nitrogens is 1. The Kier molecular flexibility index (Phi) is 3.56. The number of anilines is 1. The first-order valence-corrected chi connectivity index (χ1v) is 7.80. The molecule has 2 aliphatic rings. The molecule has 1 N–H and O–H groups in total. The molecule has 0 spiro atoms. The lowest BCUT2D eigenvalue weighted by atomic mass is 9.78. The van der Waals surface area contributed by atoms with Crippen LogP contribution < -0.4 is 4.90 Å². The fraction of sp³-hybridized carbons (Fsp3) is 0.714. The van der Waals surface area contributed by atoms with Gasteiger partial charge in [-0.05, 0) is 11.8 Å². The molecular formula is C14H20N2O3S. The van der Waals surface area contributed by atoms with E-state index in [4.69, 9.17) is 4.74 Å². The van der Waals surface area contributed by atoms with Gasteiger partial charge in [0.1, 0.15) is 0 Å². The van der Waals surface area contributed by atoms with E-state index in [1.54, 1.807) is 0 Å². The summed E-state index contributed by atoms with van der Waals surface area (Å²) in [5.74, 6) is 0.203. The third-order valence-electron chi connectivity index (χ3n) is 3.91. The molecule has 0 bridgehead atoms. The molecule has 6 heteroatoms. The highest BCUT2D eigenvalue weighted by Gasteiger charge is 2.35. The number of aliphatic hydroxyl groups is 1. The van der Waals surface area contributed by atoms with Crippen molar-refractivity contribution in [3.8, 4) is 0 Å². The van der Waals surface area contributed by atoms with Crippen molar-refractivity contribution in [3.63, 3.8) is 0 Å². The molecule has 1 saturated heterocycles. The van der Waals surface area contributed by atoms with E-state index >= 15 is 0 Å². The zero-order valence-electron chi connectivity index (χ0n) is 11.9. The average Bonchev–Trinajstić information content (AvgIpc) is 2.81. The van der Waals surface area contributed by atoms with Gasteiger partial charge in [0.15, 0.2) is 10.9 Å². The van der Waals surface area contributed by atoms with Crippen molar-refractivity contribution in [2.45, 2.75) is 32.7 Å². The number of morpholine rings is 1. The number of aliphatic hydroxyl groups excluding tert-OH is 1. The Morgan fingerprint density at radius 1 is 1.50 bits per heavy atom. The van der Waals surface area contributed by atoms with E-state index in [9.17, 15) is 9.90 Å². The third kappa shape index (κ3) is 2.47. The number of rotatable bonds is 2. The Hall–Kier alpha value is -0.980. The van der Waals surface area contributed by atoms with Crippen molar-refractivity contribution in [1.82, 2.24) is 4.98 Å². The molecule has 20 heavy (non-hydrogen) atoms. The van der Waals surface area contributed by atoms with Gasteiger partial charge in [0.25, 0.3) is 0 Å². The predicted octanol–water partition coefficient (Wildman–Crippen LogP) is 1.50. The maximum absolute atomic E-state index is 12.2. The molecule has 1 fully saturated rings. The first-order chi connectivity index (χ1) is 9.50. The standard InChI is InChI=1S/C14H20N2O3S/c1-14(2)5-10-12(11(18)6-14)20-13(15-10)16-3-4-19-8-9(16)7-17/h9,17H,3-8H2,1-2H3. The minimum atomic E-state index is -0.0561. The number of fused-ring (bicyclic) bond motifs is 1. The fourth-order valence-corrected chi connectivity index (χ4v) is 4.01.